The van der Waals surface area contributed by atoms with Gasteiger partial charge in [0.2, 0.25) is 0 Å². The summed E-state index contributed by atoms with van der Waals surface area (Å²) in [5.41, 5.74) is 1.92. The van der Waals surface area contributed by atoms with E-state index in [-0.39, 0.29) is 0 Å². The normalized spacial score (nSPS) is 29.8. The van der Waals surface area contributed by atoms with Crippen molar-refractivity contribution in [1.82, 2.24) is 4.90 Å². The molecule has 0 amide bonds. The first-order chi connectivity index (χ1) is 7.60. The van der Waals surface area contributed by atoms with Gasteiger partial charge in [0, 0.05) is 13.1 Å². The van der Waals surface area contributed by atoms with Crippen LogP contribution in [0.15, 0.2) is 23.9 Å². The zero-order chi connectivity index (χ0) is 11.6. The second-order valence-corrected chi connectivity index (χ2v) is 5.89. The van der Waals surface area contributed by atoms with Crippen LogP contribution in [0.4, 0.5) is 0 Å². The highest BCUT2D eigenvalue weighted by Crippen LogP contribution is 2.43. The summed E-state index contributed by atoms with van der Waals surface area (Å²) in [6, 6.07) is 0. The van der Waals surface area contributed by atoms with Crippen molar-refractivity contribution < 1.29 is 0 Å². The van der Waals surface area contributed by atoms with E-state index in [4.69, 9.17) is 0 Å². The third-order valence-corrected chi connectivity index (χ3v) is 4.54. The molecule has 0 N–H and O–H groups in total. The average Bonchev–Trinajstić information content (AvgIpc) is 2.53. The molecule has 2 rings (SSSR count). The Balaban J connectivity index is 1.92. The monoisotopic (exact) mass is 219 g/mol. The minimum atomic E-state index is 0.367. The molecule has 0 saturated carbocycles. The lowest BCUT2D eigenvalue weighted by Crippen LogP contribution is -2.25. The molecule has 1 heterocycles. The van der Waals surface area contributed by atoms with E-state index in [1.54, 1.807) is 5.57 Å². The lowest BCUT2D eigenvalue weighted by molar-refractivity contribution is 0.299. The molecule has 0 aromatic rings. The molecule has 1 heteroatoms. The predicted molar refractivity (Wildman–Crippen MR) is 70.2 cm³/mol. The van der Waals surface area contributed by atoms with E-state index in [2.05, 4.69) is 44.0 Å². The van der Waals surface area contributed by atoms with Crippen molar-refractivity contribution in [2.45, 2.75) is 46.5 Å². The van der Waals surface area contributed by atoms with Gasteiger partial charge in [-0.15, -0.1) is 0 Å². The van der Waals surface area contributed by atoms with Gasteiger partial charge in [-0.05, 0) is 50.1 Å². The van der Waals surface area contributed by atoms with Crippen LogP contribution in [-0.2, 0) is 0 Å². The lowest BCUT2D eigenvalue weighted by atomic mass is 9.78. The number of hydrogen-bond acceptors (Lipinski definition) is 1. The largest absolute Gasteiger partial charge is 0.378 e. The first-order valence-electron chi connectivity index (χ1n) is 6.70. The van der Waals surface area contributed by atoms with Crippen LogP contribution in [0.5, 0.6) is 0 Å². The third-order valence-electron chi connectivity index (χ3n) is 4.54. The summed E-state index contributed by atoms with van der Waals surface area (Å²) in [5, 5.41) is 0. The van der Waals surface area contributed by atoms with Crippen molar-refractivity contribution in [3.05, 3.63) is 23.9 Å². The molecule has 0 aromatic heterocycles. The van der Waals surface area contributed by atoms with E-state index in [0.717, 1.165) is 0 Å². The molecule has 0 aromatic carbocycles. The summed E-state index contributed by atoms with van der Waals surface area (Å²) in [6.45, 7) is 9.54. The molecule has 16 heavy (non-hydrogen) atoms. The predicted octanol–water partition coefficient (Wildman–Crippen LogP) is 3.98. The second-order valence-electron chi connectivity index (χ2n) is 5.89. The van der Waals surface area contributed by atoms with Gasteiger partial charge < -0.3 is 4.90 Å². The summed E-state index contributed by atoms with van der Waals surface area (Å²) < 4.78 is 0. The van der Waals surface area contributed by atoms with E-state index in [9.17, 15) is 0 Å². The van der Waals surface area contributed by atoms with Crippen molar-refractivity contribution in [1.29, 1.82) is 0 Å². The first kappa shape index (κ1) is 11.8. The molecule has 90 valence electrons. The number of nitrogens with zero attached hydrogens (tertiary/aromatic N) is 1. The zero-order valence-corrected chi connectivity index (χ0v) is 11.0. The fourth-order valence-corrected chi connectivity index (χ4v) is 2.77. The van der Waals surface area contributed by atoms with Gasteiger partial charge in [0.25, 0.3) is 0 Å². The quantitative estimate of drug-likeness (QED) is 0.635. The zero-order valence-electron chi connectivity index (χ0n) is 11.0. The highest BCUT2D eigenvalue weighted by atomic mass is 15.1. The highest BCUT2D eigenvalue weighted by molar-refractivity contribution is 5.21. The van der Waals surface area contributed by atoms with E-state index in [1.165, 1.54) is 38.8 Å². The van der Waals surface area contributed by atoms with Crippen molar-refractivity contribution >= 4 is 0 Å². The molecule has 0 spiro atoms. The number of piperidine rings is 1. The van der Waals surface area contributed by atoms with E-state index >= 15 is 0 Å². The van der Waals surface area contributed by atoms with Gasteiger partial charge >= 0.3 is 0 Å². The summed E-state index contributed by atoms with van der Waals surface area (Å²) in [6.07, 6.45) is 12.6. The molecule has 1 nitrogen and oxygen atoms in total. The van der Waals surface area contributed by atoms with Crippen molar-refractivity contribution in [3.63, 3.8) is 0 Å². The Bertz CT molecular complexity index is 293. The standard InChI is InChI=1S/C15H25N/c1-13-7-8-14(15(13,2)3)9-12-16-10-5-4-6-11-16/h7,9,12,14H,4-6,8,10-11H2,1-3H3/t14-/m1/s1. The second kappa shape index (κ2) is 4.65. The van der Waals surface area contributed by atoms with Crippen LogP contribution in [0.1, 0.15) is 46.5 Å². The molecule has 0 radical (unpaired) electrons. The van der Waals surface area contributed by atoms with Crippen LogP contribution in [0, 0.1) is 11.3 Å². The van der Waals surface area contributed by atoms with Gasteiger partial charge in [-0.2, -0.15) is 0 Å². The first-order valence-corrected chi connectivity index (χ1v) is 6.70. The summed E-state index contributed by atoms with van der Waals surface area (Å²) >= 11 is 0. The Hall–Kier alpha value is -0.720. The maximum atomic E-state index is 2.49. The Morgan fingerprint density at radius 1 is 1.25 bits per heavy atom. The van der Waals surface area contributed by atoms with Crippen molar-refractivity contribution in [2.75, 3.05) is 13.1 Å². The van der Waals surface area contributed by atoms with Crippen LogP contribution >= 0.6 is 0 Å². The minimum absolute atomic E-state index is 0.367. The Kier molecular flexibility index (Phi) is 3.41. The summed E-state index contributed by atoms with van der Waals surface area (Å²) in [5.74, 6) is 0.703. The van der Waals surface area contributed by atoms with E-state index in [0.29, 0.717) is 11.3 Å². The Morgan fingerprint density at radius 2 is 1.94 bits per heavy atom. The van der Waals surface area contributed by atoms with Gasteiger partial charge in [-0.1, -0.05) is 31.6 Å². The maximum absolute atomic E-state index is 2.49. The van der Waals surface area contributed by atoms with Crippen molar-refractivity contribution in [3.8, 4) is 0 Å². The van der Waals surface area contributed by atoms with Crippen LogP contribution in [0.2, 0.25) is 0 Å². The Morgan fingerprint density at radius 3 is 2.50 bits per heavy atom. The topological polar surface area (TPSA) is 3.24 Å². The number of rotatable bonds is 2. The molecule has 0 bridgehead atoms. The molecule has 1 aliphatic carbocycles. The summed E-state index contributed by atoms with van der Waals surface area (Å²) in [7, 11) is 0. The Labute approximate surface area is 100 Å². The fraction of sp³-hybridized carbons (Fsp3) is 0.733. The SMILES string of the molecule is CC1=CC[C@H](C=CN2CCCCC2)C1(C)C. The van der Waals surface area contributed by atoms with Crippen LogP contribution in [0.3, 0.4) is 0 Å². The van der Waals surface area contributed by atoms with Crippen LogP contribution < -0.4 is 0 Å². The van der Waals surface area contributed by atoms with Gasteiger partial charge in [-0.3, -0.25) is 0 Å². The molecule has 1 aliphatic heterocycles. The number of hydrogen-bond donors (Lipinski definition) is 0. The van der Waals surface area contributed by atoms with E-state index in [1.807, 2.05) is 0 Å². The van der Waals surface area contributed by atoms with Crippen LogP contribution in [0.25, 0.3) is 0 Å². The van der Waals surface area contributed by atoms with Gasteiger partial charge in [0.05, 0.1) is 0 Å². The molecule has 2 aliphatic rings. The molecular weight excluding hydrogens is 194 g/mol. The van der Waals surface area contributed by atoms with Crippen LogP contribution in [-0.4, -0.2) is 18.0 Å². The summed E-state index contributed by atoms with van der Waals surface area (Å²) in [4.78, 5) is 2.49. The molecule has 1 atom stereocenters. The highest BCUT2D eigenvalue weighted by Gasteiger charge is 2.33. The third kappa shape index (κ3) is 2.34. The molecule has 1 saturated heterocycles. The fourth-order valence-electron chi connectivity index (χ4n) is 2.77. The smallest absolute Gasteiger partial charge is 0.0172 e. The van der Waals surface area contributed by atoms with Crippen molar-refractivity contribution in [2.24, 2.45) is 11.3 Å². The minimum Gasteiger partial charge on any atom is -0.378 e. The van der Waals surface area contributed by atoms with Gasteiger partial charge in [-0.25, -0.2) is 0 Å². The maximum Gasteiger partial charge on any atom is 0.0172 e. The lowest BCUT2D eigenvalue weighted by Gasteiger charge is -2.29. The molecular formula is C15H25N. The van der Waals surface area contributed by atoms with E-state index < -0.39 is 0 Å². The average molecular weight is 219 g/mol. The number of allylic oxidation sites excluding steroid dienone is 3. The molecule has 0 unspecified atom stereocenters. The molecule has 1 fully saturated rings. The van der Waals surface area contributed by atoms with Gasteiger partial charge in [0.15, 0.2) is 0 Å². The number of likely N-dealkylation sites (tertiary alicyclic amines) is 1. The van der Waals surface area contributed by atoms with Gasteiger partial charge in [0.1, 0.15) is 0 Å².